The fraction of sp³-hybridized carbons (Fsp3) is 0.429. The van der Waals surface area contributed by atoms with Gasteiger partial charge in [0.15, 0.2) is 0 Å². The lowest BCUT2D eigenvalue weighted by molar-refractivity contribution is 0.862. The van der Waals surface area contributed by atoms with Crippen molar-refractivity contribution in [2.24, 2.45) is 5.92 Å². The Balaban J connectivity index is 3.10. The molecule has 82 valence electrons. The van der Waals surface area contributed by atoms with Gasteiger partial charge < -0.3 is 5.32 Å². The summed E-state index contributed by atoms with van der Waals surface area (Å²) in [4.78, 5) is 0. The van der Waals surface area contributed by atoms with Gasteiger partial charge in [-0.05, 0) is 43.4 Å². The Labute approximate surface area is 93.3 Å². The van der Waals surface area contributed by atoms with Crippen molar-refractivity contribution in [1.82, 2.24) is 5.32 Å². The molecule has 0 amide bonds. The summed E-state index contributed by atoms with van der Waals surface area (Å²) in [5.41, 5.74) is 5.40. The van der Waals surface area contributed by atoms with Gasteiger partial charge in [0, 0.05) is 12.7 Å². The van der Waals surface area contributed by atoms with Crippen LogP contribution in [-0.4, -0.2) is 7.05 Å². The molecule has 0 aromatic rings. The van der Waals surface area contributed by atoms with Crippen molar-refractivity contribution in [2.45, 2.75) is 27.7 Å². The van der Waals surface area contributed by atoms with Crippen LogP contribution in [0.2, 0.25) is 0 Å². The molecular weight excluding hydrogens is 182 g/mol. The monoisotopic (exact) mass is 203 g/mol. The third-order valence-electron chi connectivity index (χ3n) is 3.21. The first kappa shape index (κ1) is 11.8. The van der Waals surface area contributed by atoms with Crippen molar-refractivity contribution < 1.29 is 0 Å². The van der Waals surface area contributed by atoms with Gasteiger partial charge in [-0.3, -0.25) is 0 Å². The summed E-state index contributed by atoms with van der Waals surface area (Å²) < 4.78 is 0. The van der Waals surface area contributed by atoms with Gasteiger partial charge in [0.1, 0.15) is 0 Å². The summed E-state index contributed by atoms with van der Waals surface area (Å²) in [6.45, 7) is 8.73. The average molecular weight is 203 g/mol. The van der Waals surface area contributed by atoms with Crippen molar-refractivity contribution >= 4 is 0 Å². The van der Waals surface area contributed by atoms with Gasteiger partial charge >= 0.3 is 0 Å². The molecule has 0 spiro atoms. The highest BCUT2D eigenvalue weighted by Crippen LogP contribution is 2.26. The van der Waals surface area contributed by atoms with Crippen LogP contribution < -0.4 is 5.32 Å². The van der Waals surface area contributed by atoms with Gasteiger partial charge in [-0.2, -0.15) is 0 Å². The van der Waals surface area contributed by atoms with E-state index < -0.39 is 0 Å². The van der Waals surface area contributed by atoms with E-state index in [9.17, 15) is 0 Å². The summed E-state index contributed by atoms with van der Waals surface area (Å²) in [7, 11) is 1.97. The third kappa shape index (κ3) is 2.62. The Morgan fingerprint density at radius 3 is 2.40 bits per heavy atom. The molecular formula is C14H21N. The van der Waals surface area contributed by atoms with E-state index >= 15 is 0 Å². The summed E-state index contributed by atoms with van der Waals surface area (Å²) in [5.74, 6) is 0.523. The summed E-state index contributed by atoms with van der Waals surface area (Å²) in [6, 6.07) is 0. The number of allylic oxidation sites excluding steroid dienone is 8. The van der Waals surface area contributed by atoms with Gasteiger partial charge in [-0.15, -0.1) is 0 Å². The molecule has 1 atom stereocenters. The number of hydrogen-bond donors (Lipinski definition) is 1. The third-order valence-corrected chi connectivity index (χ3v) is 3.21. The van der Waals surface area contributed by atoms with Crippen molar-refractivity contribution in [3.63, 3.8) is 0 Å². The van der Waals surface area contributed by atoms with E-state index in [-0.39, 0.29) is 0 Å². The first-order valence-corrected chi connectivity index (χ1v) is 5.49. The van der Waals surface area contributed by atoms with Crippen LogP contribution in [0.4, 0.5) is 0 Å². The van der Waals surface area contributed by atoms with Crippen molar-refractivity contribution in [1.29, 1.82) is 0 Å². The summed E-state index contributed by atoms with van der Waals surface area (Å²) in [5, 5.41) is 3.20. The van der Waals surface area contributed by atoms with E-state index in [0.29, 0.717) is 5.92 Å². The molecule has 0 saturated heterocycles. The lowest BCUT2D eigenvalue weighted by Gasteiger charge is -2.17. The van der Waals surface area contributed by atoms with Crippen LogP contribution in [0.25, 0.3) is 0 Å². The van der Waals surface area contributed by atoms with E-state index in [2.05, 4.69) is 57.3 Å². The minimum Gasteiger partial charge on any atom is -0.391 e. The zero-order valence-electron chi connectivity index (χ0n) is 10.4. The molecule has 0 heterocycles. The minimum atomic E-state index is 0.523. The van der Waals surface area contributed by atoms with E-state index in [0.717, 1.165) is 0 Å². The SMILES string of the molecule is CN/C(C)=C(C)/C(C)=C1/C=CC=CC1C. The zero-order chi connectivity index (χ0) is 11.4. The molecule has 0 aliphatic heterocycles. The topological polar surface area (TPSA) is 12.0 Å². The predicted octanol–water partition coefficient (Wildman–Crippen LogP) is 3.58. The standard InChI is InChI=1S/C14H21N/c1-10-8-6-7-9-14(10)12(3)11(2)13(4)15-5/h6-10,15H,1-5H3/b13-11+,14-12-. The maximum absolute atomic E-state index is 3.20. The normalized spacial score (nSPS) is 25.0. The fourth-order valence-electron chi connectivity index (χ4n) is 1.80. The van der Waals surface area contributed by atoms with E-state index in [1.807, 2.05) is 7.05 Å². The van der Waals surface area contributed by atoms with E-state index in [4.69, 9.17) is 0 Å². The molecule has 0 radical (unpaired) electrons. The Kier molecular flexibility index (Phi) is 3.96. The highest BCUT2D eigenvalue weighted by molar-refractivity contribution is 5.44. The highest BCUT2D eigenvalue weighted by Gasteiger charge is 2.10. The second-order valence-electron chi connectivity index (χ2n) is 4.11. The molecule has 15 heavy (non-hydrogen) atoms. The van der Waals surface area contributed by atoms with Crippen molar-refractivity contribution in [2.75, 3.05) is 7.05 Å². The van der Waals surface area contributed by atoms with Crippen LogP contribution in [0.5, 0.6) is 0 Å². The molecule has 1 rings (SSSR count). The molecule has 0 saturated carbocycles. The molecule has 1 nitrogen and oxygen atoms in total. The van der Waals surface area contributed by atoms with Crippen LogP contribution in [0.1, 0.15) is 27.7 Å². The van der Waals surface area contributed by atoms with E-state index in [1.165, 1.54) is 22.4 Å². The molecule has 0 bridgehead atoms. The lowest BCUT2D eigenvalue weighted by atomic mass is 9.89. The molecule has 0 fully saturated rings. The highest BCUT2D eigenvalue weighted by atomic mass is 14.8. The predicted molar refractivity (Wildman–Crippen MR) is 67.6 cm³/mol. The first-order chi connectivity index (χ1) is 7.07. The van der Waals surface area contributed by atoms with Crippen molar-refractivity contribution in [3.8, 4) is 0 Å². The van der Waals surface area contributed by atoms with Gasteiger partial charge in [-0.1, -0.05) is 31.2 Å². The molecule has 1 unspecified atom stereocenters. The van der Waals surface area contributed by atoms with Gasteiger partial charge in [0.25, 0.3) is 0 Å². The molecule has 0 aromatic heterocycles. The van der Waals surface area contributed by atoms with Gasteiger partial charge in [0.05, 0.1) is 0 Å². The Morgan fingerprint density at radius 1 is 1.20 bits per heavy atom. The van der Waals surface area contributed by atoms with E-state index in [1.54, 1.807) is 0 Å². The zero-order valence-corrected chi connectivity index (χ0v) is 10.4. The van der Waals surface area contributed by atoms with Gasteiger partial charge in [-0.25, -0.2) is 0 Å². The summed E-state index contributed by atoms with van der Waals surface area (Å²) in [6.07, 6.45) is 8.68. The summed E-state index contributed by atoms with van der Waals surface area (Å²) >= 11 is 0. The van der Waals surface area contributed by atoms with Crippen LogP contribution in [0, 0.1) is 5.92 Å². The Morgan fingerprint density at radius 2 is 1.87 bits per heavy atom. The Bertz CT molecular complexity index is 354. The molecule has 0 aromatic carbocycles. The van der Waals surface area contributed by atoms with Crippen LogP contribution >= 0.6 is 0 Å². The van der Waals surface area contributed by atoms with Crippen LogP contribution in [0.15, 0.2) is 46.7 Å². The second-order valence-corrected chi connectivity index (χ2v) is 4.11. The van der Waals surface area contributed by atoms with Crippen LogP contribution in [-0.2, 0) is 0 Å². The quantitative estimate of drug-likeness (QED) is 0.723. The molecule has 1 aliphatic rings. The number of nitrogens with one attached hydrogen (secondary N) is 1. The van der Waals surface area contributed by atoms with Gasteiger partial charge in [0.2, 0.25) is 0 Å². The average Bonchev–Trinajstić information content (AvgIpc) is 2.26. The Hall–Kier alpha value is -1.24. The second kappa shape index (κ2) is 5.01. The smallest absolute Gasteiger partial charge is 0.0105 e. The largest absolute Gasteiger partial charge is 0.391 e. The maximum Gasteiger partial charge on any atom is 0.0105 e. The number of rotatable bonds is 2. The fourth-order valence-corrected chi connectivity index (χ4v) is 1.80. The van der Waals surface area contributed by atoms with Crippen LogP contribution in [0.3, 0.4) is 0 Å². The van der Waals surface area contributed by atoms with Crippen molar-refractivity contribution in [3.05, 3.63) is 46.7 Å². The molecule has 1 N–H and O–H groups in total. The molecule has 1 aliphatic carbocycles. The molecule has 1 heteroatoms. The maximum atomic E-state index is 3.20. The number of hydrogen-bond acceptors (Lipinski definition) is 1. The minimum absolute atomic E-state index is 0.523. The first-order valence-electron chi connectivity index (χ1n) is 5.49. The lowest BCUT2D eigenvalue weighted by Crippen LogP contribution is -2.07.